The van der Waals surface area contributed by atoms with E-state index in [1.54, 1.807) is 0 Å². The molecule has 0 aliphatic carbocycles. The minimum Gasteiger partial charge on any atom is -0.240 e. The maximum absolute atomic E-state index is 13.2. The van der Waals surface area contributed by atoms with Gasteiger partial charge in [0.25, 0.3) is 0 Å². The van der Waals surface area contributed by atoms with Crippen LogP contribution in [0.2, 0.25) is 0 Å². The molecule has 0 aliphatic heterocycles. The number of hydrogen-bond acceptors (Lipinski definition) is 3. The zero-order valence-electron chi connectivity index (χ0n) is 8.70. The van der Waals surface area contributed by atoms with Gasteiger partial charge in [-0.3, -0.25) is 0 Å². The average molecular weight is 232 g/mol. The van der Waals surface area contributed by atoms with Crippen LogP contribution < -0.4 is 0 Å². The Balaban J connectivity index is 2.39. The summed E-state index contributed by atoms with van der Waals surface area (Å²) in [7, 11) is 0. The van der Waals surface area contributed by atoms with Gasteiger partial charge >= 0.3 is 0 Å². The molecule has 0 atom stereocenters. The fourth-order valence-corrected chi connectivity index (χ4v) is 2.27. The van der Waals surface area contributed by atoms with Gasteiger partial charge in [0.05, 0.1) is 18.2 Å². The summed E-state index contributed by atoms with van der Waals surface area (Å²) in [5.74, 6) is -0.257. The lowest BCUT2D eigenvalue weighted by Gasteiger charge is -1.99. The number of nitrogens with zero attached hydrogens (tertiary/aromatic N) is 2. The Hall–Kier alpha value is -1.73. The van der Waals surface area contributed by atoms with Crippen molar-refractivity contribution in [3.63, 3.8) is 0 Å². The van der Waals surface area contributed by atoms with Crippen molar-refractivity contribution in [2.24, 2.45) is 0 Å². The zero-order chi connectivity index (χ0) is 11.5. The van der Waals surface area contributed by atoms with Gasteiger partial charge in [0.15, 0.2) is 0 Å². The second-order valence-corrected chi connectivity index (χ2v) is 4.35. The molecule has 0 N–H and O–H groups in total. The molecule has 1 heterocycles. The van der Waals surface area contributed by atoms with Crippen molar-refractivity contribution in [2.45, 2.75) is 13.3 Å². The molecule has 0 radical (unpaired) electrons. The molecule has 0 spiro atoms. The summed E-state index contributed by atoms with van der Waals surface area (Å²) in [5, 5.41) is 11.1. The van der Waals surface area contributed by atoms with E-state index in [0.717, 1.165) is 21.8 Å². The van der Waals surface area contributed by atoms with Gasteiger partial charge in [-0.05, 0) is 30.7 Å². The van der Waals surface area contributed by atoms with E-state index in [0.29, 0.717) is 6.42 Å². The Labute approximate surface area is 97.0 Å². The molecule has 1 aromatic carbocycles. The van der Waals surface area contributed by atoms with Crippen molar-refractivity contribution in [1.82, 2.24) is 4.98 Å². The van der Waals surface area contributed by atoms with Crippen LogP contribution in [-0.2, 0) is 6.42 Å². The van der Waals surface area contributed by atoms with Crippen LogP contribution in [0.15, 0.2) is 23.6 Å². The fourth-order valence-electron chi connectivity index (χ4n) is 1.46. The normalized spacial score (nSPS) is 10.1. The predicted molar refractivity (Wildman–Crippen MR) is 61.6 cm³/mol. The summed E-state index contributed by atoms with van der Waals surface area (Å²) in [4.78, 5) is 4.28. The van der Waals surface area contributed by atoms with Gasteiger partial charge in [-0.1, -0.05) is 0 Å². The number of aryl methyl sites for hydroxylation is 1. The molecule has 2 nitrogen and oxygen atoms in total. The third-order valence-electron chi connectivity index (χ3n) is 2.10. The first-order chi connectivity index (χ1) is 7.69. The van der Waals surface area contributed by atoms with E-state index in [4.69, 9.17) is 5.26 Å². The van der Waals surface area contributed by atoms with E-state index in [-0.39, 0.29) is 5.82 Å². The van der Waals surface area contributed by atoms with E-state index < -0.39 is 0 Å². The lowest BCUT2D eigenvalue weighted by molar-refractivity contribution is 0.627. The molecule has 1 aromatic heterocycles. The van der Waals surface area contributed by atoms with Crippen LogP contribution in [0, 0.1) is 24.1 Å². The number of thiazole rings is 1. The molecule has 4 heteroatoms. The van der Waals surface area contributed by atoms with Gasteiger partial charge in [0.2, 0.25) is 0 Å². The van der Waals surface area contributed by atoms with Crippen LogP contribution >= 0.6 is 11.3 Å². The Bertz CT molecular complexity index is 534. The van der Waals surface area contributed by atoms with Crippen LogP contribution in [0.25, 0.3) is 10.6 Å². The first kappa shape index (κ1) is 10.8. The molecule has 16 heavy (non-hydrogen) atoms. The van der Waals surface area contributed by atoms with E-state index >= 15 is 0 Å². The highest BCUT2D eigenvalue weighted by Crippen LogP contribution is 2.25. The third kappa shape index (κ3) is 2.26. The van der Waals surface area contributed by atoms with Crippen molar-refractivity contribution >= 4 is 11.3 Å². The topological polar surface area (TPSA) is 36.7 Å². The monoisotopic (exact) mass is 232 g/mol. The van der Waals surface area contributed by atoms with Gasteiger partial charge in [-0.25, -0.2) is 9.37 Å². The lowest BCUT2D eigenvalue weighted by atomic mass is 10.1. The van der Waals surface area contributed by atoms with Gasteiger partial charge in [0, 0.05) is 10.9 Å². The van der Waals surface area contributed by atoms with E-state index in [2.05, 4.69) is 4.98 Å². The molecule has 0 unspecified atom stereocenters. The molecule has 2 aromatic rings. The molecular formula is C12H9FN2S. The van der Waals surface area contributed by atoms with Gasteiger partial charge < -0.3 is 0 Å². The molecule has 0 aliphatic rings. The lowest BCUT2D eigenvalue weighted by Crippen LogP contribution is -1.84. The van der Waals surface area contributed by atoms with Crippen LogP contribution in [0.3, 0.4) is 0 Å². The second-order valence-electron chi connectivity index (χ2n) is 3.50. The second kappa shape index (κ2) is 4.42. The SMILES string of the molecule is Cc1cc(F)cc(-c2nc(CC#N)cs2)c1. The largest absolute Gasteiger partial charge is 0.240 e. The standard InChI is InChI=1S/C12H9FN2S/c1-8-4-9(6-10(13)5-8)12-15-11(2-3-14)7-16-12/h4-7H,2H2,1H3. The maximum atomic E-state index is 13.2. The number of halogens is 1. The molecule has 0 amide bonds. The smallest absolute Gasteiger partial charge is 0.124 e. The Morgan fingerprint density at radius 1 is 1.44 bits per heavy atom. The minimum atomic E-state index is -0.257. The van der Waals surface area contributed by atoms with Crippen molar-refractivity contribution in [3.8, 4) is 16.6 Å². The summed E-state index contributed by atoms with van der Waals surface area (Å²) in [5.41, 5.74) is 2.38. The number of hydrogen-bond donors (Lipinski definition) is 0. The van der Waals surface area contributed by atoms with Crippen molar-refractivity contribution in [2.75, 3.05) is 0 Å². The molecule has 0 fully saturated rings. The molecule has 2 rings (SSSR count). The highest BCUT2D eigenvalue weighted by molar-refractivity contribution is 7.13. The van der Waals surface area contributed by atoms with Crippen LogP contribution in [0.5, 0.6) is 0 Å². The van der Waals surface area contributed by atoms with Crippen LogP contribution in [0.4, 0.5) is 4.39 Å². The molecule has 80 valence electrons. The molecule has 0 saturated carbocycles. The molecule has 0 saturated heterocycles. The fraction of sp³-hybridized carbons (Fsp3) is 0.167. The summed E-state index contributed by atoms with van der Waals surface area (Å²) in [6.45, 7) is 1.84. The van der Waals surface area contributed by atoms with Gasteiger partial charge in [-0.15, -0.1) is 11.3 Å². The number of benzene rings is 1. The summed E-state index contributed by atoms with van der Waals surface area (Å²) >= 11 is 1.43. The zero-order valence-corrected chi connectivity index (χ0v) is 9.51. The van der Waals surface area contributed by atoms with Crippen molar-refractivity contribution in [3.05, 3.63) is 40.7 Å². The first-order valence-corrected chi connectivity index (χ1v) is 5.66. The Morgan fingerprint density at radius 2 is 2.25 bits per heavy atom. The number of aromatic nitrogens is 1. The summed E-state index contributed by atoms with van der Waals surface area (Å²) in [6, 6.07) is 6.87. The average Bonchev–Trinajstić information content (AvgIpc) is 2.65. The number of rotatable bonds is 2. The highest BCUT2D eigenvalue weighted by Gasteiger charge is 2.06. The minimum absolute atomic E-state index is 0.257. The van der Waals surface area contributed by atoms with Crippen molar-refractivity contribution in [1.29, 1.82) is 5.26 Å². The predicted octanol–water partition coefficient (Wildman–Crippen LogP) is 3.32. The quantitative estimate of drug-likeness (QED) is 0.796. The molecule has 0 bridgehead atoms. The number of nitriles is 1. The Morgan fingerprint density at radius 3 is 2.94 bits per heavy atom. The third-order valence-corrected chi connectivity index (χ3v) is 3.04. The van der Waals surface area contributed by atoms with Gasteiger partial charge in [0.1, 0.15) is 10.8 Å². The van der Waals surface area contributed by atoms with Crippen LogP contribution in [0.1, 0.15) is 11.3 Å². The molecular weight excluding hydrogens is 223 g/mol. The van der Waals surface area contributed by atoms with Crippen LogP contribution in [-0.4, -0.2) is 4.98 Å². The Kier molecular flexibility index (Phi) is 2.97. The van der Waals surface area contributed by atoms with E-state index in [1.807, 2.05) is 24.4 Å². The maximum Gasteiger partial charge on any atom is 0.124 e. The van der Waals surface area contributed by atoms with E-state index in [1.165, 1.54) is 23.5 Å². The van der Waals surface area contributed by atoms with Crippen molar-refractivity contribution < 1.29 is 4.39 Å². The summed E-state index contributed by atoms with van der Waals surface area (Å²) < 4.78 is 13.2. The van der Waals surface area contributed by atoms with Gasteiger partial charge in [-0.2, -0.15) is 5.26 Å². The summed E-state index contributed by atoms with van der Waals surface area (Å²) in [6.07, 6.45) is 0.296. The highest BCUT2D eigenvalue weighted by atomic mass is 32.1. The first-order valence-electron chi connectivity index (χ1n) is 4.78. The van der Waals surface area contributed by atoms with E-state index in [9.17, 15) is 4.39 Å².